The van der Waals surface area contributed by atoms with Crippen molar-refractivity contribution in [3.63, 3.8) is 0 Å². The Kier molecular flexibility index (Phi) is 10.7. The second-order valence-corrected chi connectivity index (χ2v) is 8.29. The van der Waals surface area contributed by atoms with E-state index >= 15 is 0 Å². The van der Waals surface area contributed by atoms with E-state index in [9.17, 15) is 0 Å². The molecule has 2 heterocycles. The molecule has 0 aliphatic carbocycles. The molecule has 38 heavy (non-hydrogen) atoms. The van der Waals surface area contributed by atoms with Gasteiger partial charge in [-0.2, -0.15) is 19.8 Å². The predicted octanol–water partition coefficient (Wildman–Crippen LogP) is 5.06. The van der Waals surface area contributed by atoms with Gasteiger partial charge in [0, 0.05) is 11.1 Å². The van der Waals surface area contributed by atoms with E-state index in [0.717, 1.165) is 45.0 Å². The van der Waals surface area contributed by atoms with Crippen LogP contribution in [0.2, 0.25) is 0 Å². The van der Waals surface area contributed by atoms with Crippen LogP contribution in [0.3, 0.4) is 0 Å². The van der Waals surface area contributed by atoms with Crippen molar-refractivity contribution in [3.8, 4) is 33.9 Å². The quantitative estimate of drug-likeness (QED) is 0.217. The molecule has 0 N–H and O–H groups in total. The standard InChI is InChI=1S/C30H22N6.2K.2H/c1-3-7-25(8-4-1)29-21-31-35(33-29)27-17-13-23(14-18-27)11-12-24-15-19-28(20-16-24)36-32-22-30(34-36)26-9-5-2-6-10-26;;;;/h1-22H;;;;. The van der Waals surface area contributed by atoms with Crippen LogP contribution in [-0.4, -0.2) is 133 Å². The van der Waals surface area contributed by atoms with Gasteiger partial charge in [0.2, 0.25) is 0 Å². The molecule has 0 aliphatic rings. The SMILES string of the molecule is C(=Cc1ccc(-n2ncc(-c3ccccc3)n2)cc1)c1ccc(-n2ncc(-c3ccccc3)n2)cc1.[KH].[KH]. The topological polar surface area (TPSA) is 61.4 Å². The van der Waals surface area contributed by atoms with Gasteiger partial charge in [0.1, 0.15) is 11.4 Å². The van der Waals surface area contributed by atoms with Gasteiger partial charge in [-0.3, -0.25) is 0 Å². The van der Waals surface area contributed by atoms with Crippen LogP contribution in [0.5, 0.6) is 0 Å². The average Bonchev–Trinajstić information content (AvgIpc) is 3.65. The minimum absolute atomic E-state index is 0. The fourth-order valence-corrected chi connectivity index (χ4v) is 3.89. The molecule has 6 nitrogen and oxygen atoms in total. The van der Waals surface area contributed by atoms with Crippen molar-refractivity contribution < 1.29 is 0 Å². The second-order valence-electron chi connectivity index (χ2n) is 8.29. The first-order valence-corrected chi connectivity index (χ1v) is 11.7. The van der Waals surface area contributed by atoms with Crippen LogP contribution in [0.4, 0.5) is 0 Å². The maximum atomic E-state index is 4.60. The summed E-state index contributed by atoms with van der Waals surface area (Å²) in [6.45, 7) is 0. The number of rotatable bonds is 6. The number of aromatic nitrogens is 6. The third-order valence-corrected chi connectivity index (χ3v) is 5.84. The Morgan fingerprint density at radius 2 is 0.816 bits per heavy atom. The molecule has 0 amide bonds. The summed E-state index contributed by atoms with van der Waals surface area (Å²) in [4.78, 5) is 3.31. The third-order valence-electron chi connectivity index (χ3n) is 5.84. The van der Waals surface area contributed by atoms with E-state index in [0.29, 0.717) is 0 Å². The molecule has 6 rings (SSSR count). The van der Waals surface area contributed by atoms with Crippen molar-refractivity contribution in [2.24, 2.45) is 0 Å². The van der Waals surface area contributed by atoms with Gasteiger partial charge in [-0.05, 0) is 35.4 Å². The van der Waals surface area contributed by atoms with Crippen LogP contribution in [0, 0.1) is 0 Å². The summed E-state index contributed by atoms with van der Waals surface area (Å²) in [5, 5.41) is 18.0. The molecule has 0 bridgehead atoms. The molecule has 6 aromatic rings. The first kappa shape index (κ1) is 29.2. The van der Waals surface area contributed by atoms with E-state index in [-0.39, 0.29) is 103 Å². The van der Waals surface area contributed by atoms with Gasteiger partial charge in [-0.15, -0.1) is 10.2 Å². The Morgan fingerprint density at radius 3 is 1.18 bits per heavy atom. The van der Waals surface area contributed by atoms with Crippen molar-refractivity contribution in [2.45, 2.75) is 0 Å². The van der Waals surface area contributed by atoms with E-state index in [1.807, 2.05) is 84.9 Å². The fraction of sp³-hybridized carbons (Fsp3) is 0. The van der Waals surface area contributed by atoms with Crippen molar-refractivity contribution in [2.75, 3.05) is 0 Å². The summed E-state index contributed by atoms with van der Waals surface area (Å²) in [5.74, 6) is 0. The molecule has 0 radical (unpaired) electrons. The first-order chi connectivity index (χ1) is 17.8. The normalized spacial score (nSPS) is 10.6. The van der Waals surface area contributed by atoms with Gasteiger partial charge in [0.15, 0.2) is 0 Å². The summed E-state index contributed by atoms with van der Waals surface area (Å²) < 4.78 is 0. The van der Waals surface area contributed by atoms with Crippen LogP contribution in [0.25, 0.3) is 46.0 Å². The Bertz CT molecular complexity index is 1480. The molecule has 0 saturated heterocycles. The Balaban J connectivity index is 0.00000168. The van der Waals surface area contributed by atoms with Gasteiger partial charge < -0.3 is 0 Å². The molecule has 2 aromatic heterocycles. The zero-order chi connectivity index (χ0) is 24.2. The predicted molar refractivity (Wildman–Crippen MR) is 157 cm³/mol. The van der Waals surface area contributed by atoms with Crippen LogP contribution in [-0.2, 0) is 0 Å². The monoisotopic (exact) mass is 546 g/mol. The fourth-order valence-electron chi connectivity index (χ4n) is 3.89. The number of hydrogen-bond donors (Lipinski definition) is 0. The summed E-state index contributed by atoms with van der Waals surface area (Å²) in [5.41, 5.74) is 7.83. The molecule has 0 spiro atoms. The summed E-state index contributed by atoms with van der Waals surface area (Å²) in [7, 11) is 0. The second kappa shape index (κ2) is 14.0. The molecule has 0 aliphatic heterocycles. The van der Waals surface area contributed by atoms with E-state index in [4.69, 9.17) is 0 Å². The van der Waals surface area contributed by atoms with Gasteiger partial charge in [-0.25, -0.2) is 0 Å². The molecule has 0 unspecified atom stereocenters. The van der Waals surface area contributed by atoms with Gasteiger partial charge >= 0.3 is 103 Å². The van der Waals surface area contributed by atoms with Crippen molar-refractivity contribution in [1.82, 2.24) is 30.0 Å². The Morgan fingerprint density at radius 1 is 0.447 bits per heavy atom. The van der Waals surface area contributed by atoms with Crippen LogP contribution >= 0.6 is 0 Å². The van der Waals surface area contributed by atoms with Crippen LogP contribution in [0.1, 0.15) is 11.1 Å². The maximum absolute atomic E-state index is 4.60. The van der Waals surface area contributed by atoms with Crippen molar-refractivity contribution in [3.05, 3.63) is 133 Å². The molecule has 0 fully saturated rings. The van der Waals surface area contributed by atoms with E-state index in [1.54, 1.807) is 22.0 Å². The minimum atomic E-state index is 0. The van der Waals surface area contributed by atoms with Crippen molar-refractivity contribution in [1.29, 1.82) is 0 Å². The van der Waals surface area contributed by atoms with Crippen LogP contribution < -0.4 is 0 Å². The molecular weight excluding hydrogens is 523 g/mol. The Hall–Kier alpha value is -1.83. The van der Waals surface area contributed by atoms with Gasteiger partial charge in [-0.1, -0.05) is 97.1 Å². The van der Waals surface area contributed by atoms with Crippen molar-refractivity contribution >= 4 is 115 Å². The Labute approximate surface area is 306 Å². The molecule has 176 valence electrons. The molecule has 4 aromatic carbocycles. The van der Waals surface area contributed by atoms with E-state index in [1.165, 1.54) is 0 Å². The first-order valence-electron chi connectivity index (χ1n) is 11.7. The van der Waals surface area contributed by atoms with E-state index < -0.39 is 0 Å². The summed E-state index contributed by atoms with van der Waals surface area (Å²) >= 11 is 0. The zero-order valence-corrected chi connectivity index (χ0v) is 19.4. The van der Waals surface area contributed by atoms with Gasteiger partial charge in [0.05, 0.1) is 23.8 Å². The zero-order valence-electron chi connectivity index (χ0n) is 19.4. The number of nitrogens with zero attached hydrogens (tertiary/aromatic N) is 6. The number of benzene rings is 4. The molecular formula is C30H24K2N6. The van der Waals surface area contributed by atoms with E-state index in [2.05, 4.69) is 56.8 Å². The molecule has 0 saturated carbocycles. The molecule has 8 heteroatoms. The average molecular weight is 547 g/mol. The van der Waals surface area contributed by atoms with Gasteiger partial charge in [0.25, 0.3) is 0 Å². The summed E-state index contributed by atoms with van der Waals surface area (Å²) in [6, 6.07) is 36.4. The van der Waals surface area contributed by atoms with Crippen LogP contribution in [0.15, 0.2) is 122 Å². The third kappa shape index (κ3) is 7.02. The summed E-state index contributed by atoms with van der Waals surface area (Å²) in [6.07, 6.45) is 7.75. The number of hydrogen-bond acceptors (Lipinski definition) is 4. The molecule has 0 atom stereocenters.